The van der Waals surface area contributed by atoms with E-state index in [9.17, 15) is 4.79 Å². The maximum absolute atomic E-state index is 11.9. The van der Waals surface area contributed by atoms with Crippen molar-refractivity contribution in [1.29, 1.82) is 0 Å². The first-order valence-corrected chi connectivity index (χ1v) is 6.03. The lowest BCUT2D eigenvalue weighted by Crippen LogP contribution is -2.52. The first-order chi connectivity index (χ1) is 7.29. The number of amides is 2. The minimum absolute atomic E-state index is 0.0738. The van der Waals surface area contributed by atoms with Crippen molar-refractivity contribution in [3.05, 3.63) is 0 Å². The summed E-state index contributed by atoms with van der Waals surface area (Å²) in [7, 11) is 4.21. The zero-order valence-corrected chi connectivity index (χ0v) is 11.2. The number of hydrogen-bond donors (Lipinski definition) is 1. The molecule has 0 spiro atoms. The minimum Gasteiger partial charge on any atom is -0.333 e. The third-order valence-corrected chi connectivity index (χ3v) is 2.96. The van der Waals surface area contributed by atoms with Crippen LogP contribution in [0, 0.1) is 0 Å². The Bertz CT molecular complexity index is 237. The molecule has 16 heavy (non-hydrogen) atoms. The Morgan fingerprint density at radius 3 is 2.12 bits per heavy atom. The monoisotopic (exact) mass is 227 g/mol. The molecule has 0 aromatic heterocycles. The Kier molecular flexibility index (Phi) is 4.19. The molecule has 1 rings (SSSR count). The fraction of sp³-hybridized carbons (Fsp3) is 0.917. The van der Waals surface area contributed by atoms with E-state index in [1.54, 1.807) is 0 Å². The first-order valence-electron chi connectivity index (χ1n) is 6.03. The van der Waals surface area contributed by atoms with Crippen LogP contribution in [0.25, 0.3) is 0 Å². The van der Waals surface area contributed by atoms with Gasteiger partial charge in [0.05, 0.1) is 0 Å². The summed E-state index contributed by atoms with van der Waals surface area (Å²) in [5.74, 6) is 0. The molecule has 1 heterocycles. The number of carbonyl (C=O) groups is 1. The van der Waals surface area contributed by atoms with Crippen molar-refractivity contribution in [1.82, 2.24) is 15.1 Å². The summed E-state index contributed by atoms with van der Waals surface area (Å²) in [6.07, 6.45) is 2.15. The lowest BCUT2D eigenvalue weighted by atomic mass is 10.0. The molecule has 94 valence electrons. The second-order valence-corrected chi connectivity index (χ2v) is 5.86. The molecule has 0 unspecified atom stereocenters. The topological polar surface area (TPSA) is 35.6 Å². The Hall–Kier alpha value is -0.770. The summed E-state index contributed by atoms with van der Waals surface area (Å²) in [4.78, 5) is 16.1. The van der Waals surface area contributed by atoms with Crippen molar-refractivity contribution < 1.29 is 4.79 Å². The molecule has 0 radical (unpaired) electrons. The van der Waals surface area contributed by atoms with E-state index in [1.807, 2.05) is 25.7 Å². The van der Waals surface area contributed by atoms with Gasteiger partial charge in [-0.05, 0) is 47.7 Å². The molecule has 0 aromatic carbocycles. The lowest BCUT2D eigenvalue weighted by molar-refractivity contribution is 0.143. The average molecular weight is 227 g/mol. The van der Waals surface area contributed by atoms with Gasteiger partial charge in [-0.2, -0.15) is 0 Å². The highest BCUT2D eigenvalue weighted by molar-refractivity contribution is 5.75. The van der Waals surface area contributed by atoms with Gasteiger partial charge in [0, 0.05) is 24.7 Å². The second kappa shape index (κ2) is 5.04. The van der Waals surface area contributed by atoms with Crippen molar-refractivity contribution >= 4 is 6.03 Å². The summed E-state index contributed by atoms with van der Waals surface area (Å²) in [5, 5.41) is 3.01. The van der Waals surface area contributed by atoms with E-state index in [4.69, 9.17) is 0 Å². The van der Waals surface area contributed by atoms with Crippen LogP contribution in [-0.2, 0) is 0 Å². The van der Waals surface area contributed by atoms with E-state index in [1.165, 1.54) is 0 Å². The van der Waals surface area contributed by atoms with Crippen LogP contribution in [0.2, 0.25) is 0 Å². The van der Waals surface area contributed by atoms with Crippen LogP contribution in [0.15, 0.2) is 0 Å². The number of nitrogens with zero attached hydrogens (tertiary/aromatic N) is 2. The SMILES string of the molecule is CN(C)C1CCN(C(=O)NC(C)(C)C)CC1. The largest absolute Gasteiger partial charge is 0.333 e. The molecule has 0 bridgehead atoms. The van der Waals surface area contributed by atoms with E-state index in [2.05, 4.69) is 24.3 Å². The molecule has 1 aliphatic heterocycles. The molecule has 1 fully saturated rings. The van der Waals surface area contributed by atoms with E-state index < -0.39 is 0 Å². The summed E-state index contributed by atoms with van der Waals surface area (Å²) in [6, 6.07) is 0.698. The van der Waals surface area contributed by atoms with E-state index >= 15 is 0 Å². The standard InChI is InChI=1S/C12H25N3O/c1-12(2,3)13-11(16)15-8-6-10(7-9-15)14(4)5/h10H,6-9H2,1-5H3,(H,13,16). The van der Waals surface area contributed by atoms with Gasteiger partial charge in [-0.15, -0.1) is 0 Å². The number of likely N-dealkylation sites (tertiary alicyclic amines) is 1. The molecule has 2 amide bonds. The van der Waals surface area contributed by atoms with Crippen molar-refractivity contribution in [2.45, 2.75) is 45.2 Å². The molecule has 0 saturated carbocycles. The summed E-state index contributed by atoms with van der Waals surface area (Å²) >= 11 is 0. The minimum atomic E-state index is -0.143. The molecular formula is C12H25N3O. The van der Waals surface area contributed by atoms with Gasteiger partial charge in [-0.1, -0.05) is 0 Å². The molecular weight excluding hydrogens is 202 g/mol. The number of carbonyl (C=O) groups excluding carboxylic acids is 1. The number of rotatable bonds is 1. The van der Waals surface area contributed by atoms with Crippen molar-refractivity contribution in [2.75, 3.05) is 27.2 Å². The summed E-state index contributed by atoms with van der Waals surface area (Å²) in [6.45, 7) is 7.77. The Labute approximate surface area is 99.0 Å². The number of nitrogens with one attached hydrogen (secondary N) is 1. The van der Waals surface area contributed by atoms with Crippen molar-refractivity contribution in [3.8, 4) is 0 Å². The van der Waals surface area contributed by atoms with Gasteiger partial charge in [-0.25, -0.2) is 4.79 Å². The number of piperidine rings is 1. The van der Waals surface area contributed by atoms with Gasteiger partial charge < -0.3 is 15.1 Å². The maximum atomic E-state index is 11.9. The summed E-state index contributed by atoms with van der Waals surface area (Å²) < 4.78 is 0. The van der Waals surface area contributed by atoms with Crippen molar-refractivity contribution in [2.24, 2.45) is 0 Å². The predicted octanol–water partition coefficient (Wildman–Crippen LogP) is 1.52. The van der Waals surface area contributed by atoms with E-state index in [0.29, 0.717) is 6.04 Å². The highest BCUT2D eigenvalue weighted by atomic mass is 16.2. The van der Waals surface area contributed by atoms with Crippen LogP contribution in [0.3, 0.4) is 0 Å². The van der Waals surface area contributed by atoms with E-state index in [0.717, 1.165) is 25.9 Å². The van der Waals surface area contributed by atoms with Crippen LogP contribution >= 0.6 is 0 Å². The normalized spacial score (nSPS) is 19.0. The van der Waals surface area contributed by atoms with Gasteiger partial charge in [-0.3, -0.25) is 0 Å². The fourth-order valence-electron chi connectivity index (χ4n) is 1.99. The smallest absolute Gasteiger partial charge is 0.317 e. The summed E-state index contributed by atoms with van der Waals surface area (Å²) in [5.41, 5.74) is -0.143. The highest BCUT2D eigenvalue weighted by Gasteiger charge is 2.25. The molecule has 1 N–H and O–H groups in total. The Morgan fingerprint density at radius 1 is 1.25 bits per heavy atom. The number of hydrogen-bond acceptors (Lipinski definition) is 2. The quantitative estimate of drug-likeness (QED) is 0.737. The zero-order valence-electron chi connectivity index (χ0n) is 11.2. The molecule has 1 saturated heterocycles. The van der Waals surface area contributed by atoms with Crippen LogP contribution in [0.4, 0.5) is 4.79 Å². The highest BCUT2D eigenvalue weighted by Crippen LogP contribution is 2.14. The molecule has 0 aromatic rings. The predicted molar refractivity (Wildman–Crippen MR) is 66.6 cm³/mol. The van der Waals surface area contributed by atoms with Gasteiger partial charge in [0.25, 0.3) is 0 Å². The van der Waals surface area contributed by atoms with E-state index in [-0.39, 0.29) is 11.6 Å². The molecule has 4 heteroatoms. The van der Waals surface area contributed by atoms with Gasteiger partial charge >= 0.3 is 6.03 Å². The maximum Gasteiger partial charge on any atom is 0.317 e. The van der Waals surface area contributed by atoms with Crippen LogP contribution in [0.1, 0.15) is 33.6 Å². The molecule has 0 atom stereocenters. The van der Waals surface area contributed by atoms with Crippen LogP contribution < -0.4 is 5.32 Å². The third kappa shape index (κ3) is 4.00. The van der Waals surface area contributed by atoms with Crippen molar-refractivity contribution in [3.63, 3.8) is 0 Å². The fourth-order valence-corrected chi connectivity index (χ4v) is 1.99. The average Bonchev–Trinajstić information content (AvgIpc) is 2.15. The Balaban J connectivity index is 2.39. The molecule has 0 aliphatic carbocycles. The van der Waals surface area contributed by atoms with Crippen LogP contribution in [0.5, 0.6) is 0 Å². The third-order valence-electron chi connectivity index (χ3n) is 2.96. The molecule has 4 nitrogen and oxygen atoms in total. The van der Waals surface area contributed by atoms with Gasteiger partial charge in [0.2, 0.25) is 0 Å². The van der Waals surface area contributed by atoms with Gasteiger partial charge in [0.1, 0.15) is 0 Å². The second-order valence-electron chi connectivity index (χ2n) is 5.86. The van der Waals surface area contributed by atoms with Crippen LogP contribution in [-0.4, -0.2) is 54.6 Å². The first kappa shape index (κ1) is 13.3. The lowest BCUT2D eigenvalue weighted by Gasteiger charge is -2.36. The zero-order chi connectivity index (χ0) is 12.3. The molecule has 1 aliphatic rings. The Morgan fingerprint density at radius 2 is 1.75 bits per heavy atom. The number of urea groups is 1. The van der Waals surface area contributed by atoms with Gasteiger partial charge in [0.15, 0.2) is 0 Å².